The summed E-state index contributed by atoms with van der Waals surface area (Å²) in [7, 11) is 0. The summed E-state index contributed by atoms with van der Waals surface area (Å²) in [4.78, 5) is 157. The Morgan fingerprint density at radius 3 is 0.886 bits per heavy atom. The van der Waals surface area contributed by atoms with E-state index in [1.807, 2.05) is 67.3 Å². The average molecular weight is 1910 g/mol. The molecule has 42 heteroatoms. The molecular weight excluding hydrogens is 1820 g/mol. The predicted molar refractivity (Wildman–Crippen MR) is 532 cm³/mol. The smallest absolute Gasteiger partial charge is 0.298 e. The number of carbonyl (C=O) groups excluding carboxylic acids is 8. The molecule has 4 saturated heterocycles. The lowest BCUT2D eigenvalue weighted by atomic mass is 10.1. The SMILES string of the molecule is C=CC(=O)N1CCCC(n2nc(-c3ccc(C(=O)Nc4ccccn4)cc3)c3c(N)ncnc32)C1.C=CC(=O)N1CCCC(n2nc(-c3ccc(C(=O)Nc4nccs4)cc3)c3c(N)ncnc32)C1.CC#CC(=O)N1CCCC(n2nc(-c3ccc(C(=O)Nc4ccccn4)cc3)c3c(N)ncnc32)C1.CC#CC(=O)N1CCCC(n2nc(-c3ccc(C(=O)Nc4nccs4)cc3)c3c(N)ncnc32)C1. The Morgan fingerprint density at radius 2 is 0.629 bits per heavy atom. The van der Waals surface area contributed by atoms with Crippen molar-refractivity contribution in [1.29, 1.82) is 0 Å². The van der Waals surface area contributed by atoms with Gasteiger partial charge in [0.25, 0.3) is 35.4 Å². The van der Waals surface area contributed by atoms with E-state index in [-0.39, 0.29) is 71.4 Å². The molecule has 4 aliphatic heterocycles. The largest absolute Gasteiger partial charge is 0.383 e. The lowest BCUT2D eigenvalue weighted by Crippen LogP contribution is -2.40. The second-order valence-electron chi connectivity index (χ2n) is 32.6. The number of rotatable bonds is 18. The predicted octanol–water partition coefficient (Wildman–Crippen LogP) is 12.1. The molecule has 20 rings (SSSR count). The number of likely N-dealkylation sites (tertiary alicyclic amines) is 4. The van der Waals surface area contributed by atoms with E-state index in [0.717, 1.165) is 73.6 Å². The van der Waals surface area contributed by atoms with Crippen molar-refractivity contribution in [2.24, 2.45) is 0 Å². The van der Waals surface area contributed by atoms with Gasteiger partial charge in [-0.1, -0.05) is 85.7 Å². The highest BCUT2D eigenvalue weighted by Gasteiger charge is 2.35. The van der Waals surface area contributed by atoms with Crippen LogP contribution in [0, 0.1) is 23.7 Å². The van der Waals surface area contributed by atoms with Gasteiger partial charge < -0.3 is 53.2 Å². The molecule has 12 aromatic heterocycles. The van der Waals surface area contributed by atoms with Crippen molar-refractivity contribution in [3.63, 3.8) is 0 Å². The molecule has 4 aromatic carbocycles. The van der Waals surface area contributed by atoms with Crippen molar-refractivity contribution in [3.05, 3.63) is 242 Å². The Hall–Kier alpha value is -17.8. The van der Waals surface area contributed by atoms with Crippen LogP contribution in [0.5, 0.6) is 0 Å². The summed E-state index contributed by atoms with van der Waals surface area (Å²) >= 11 is 2.71. The number of nitrogen functional groups attached to an aromatic ring is 4. The molecule has 140 heavy (non-hydrogen) atoms. The van der Waals surface area contributed by atoms with Crippen LogP contribution in [0.2, 0.25) is 0 Å². The number of anilines is 8. The molecule has 4 unspecified atom stereocenters. The van der Waals surface area contributed by atoms with Crippen molar-refractivity contribution < 1.29 is 38.4 Å². The first-order valence-electron chi connectivity index (χ1n) is 44.7. The Labute approximate surface area is 808 Å². The molecule has 4 fully saturated rings. The van der Waals surface area contributed by atoms with E-state index in [2.05, 4.69) is 118 Å². The van der Waals surface area contributed by atoms with Gasteiger partial charge in [0, 0.05) is 132 Å². The van der Waals surface area contributed by atoms with Crippen LogP contribution in [-0.4, -0.2) is 218 Å². The van der Waals surface area contributed by atoms with Crippen LogP contribution in [0.4, 0.5) is 45.2 Å². The number of nitrogens with two attached hydrogens (primary N) is 4. The third kappa shape index (κ3) is 20.9. The molecule has 40 nitrogen and oxygen atoms in total. The lowest BCUT2D eigenvalue weighted by molar-refractivity contribution is -0.128. The van der Waals surface area contributed by atoms with Crippen molar-refractivity contribution in [1.82, 2.24) is 119 Å². The lowest BCUT2D eigenvalue weighted by Gasteiger charge is -2.32. The van der Waals surface area contributed by atoms with Crippen LogP contribution in [0.3, 0.4) is 0 Å². The normalized spacial score (nSPS) is 15.6. The number of piperidine rings is 4. The van der Waals surface area contributed by atoms with Gasteiger partial charge in [-0.05, 0) is 162 Å². The third-order valence-electron chi connectivity index (χ3n) is 23.9. The molecular formula is C98H92N32O8S2. The van der Waals surface area contributed by atoms with Gasteiger partial charge in [-0.3, -0.25) is 49.0 Å². The maximum Gasteiger partial charge on any atom is 0.298 e. The Kier molecular flexibility index (Phi) is 28.8. The molecule has 16 aromatic rings. The van der Waals surface area contributed by atoms with E-state index in [1.54, 1.807) is 154 Å². The summed E-state index contributed by atoms with van der Waals surface area (Å²) in [6.45, 7) is 15.2. The first kappa shape index (κ1) is 94.0. The second kappa shape index (κ2) is 42.8. The van der Waals surface area contributed by atoms with Crippen molar-refractivity contribution in [2.75, 3.05) is 96.6 Å². The number of nitrogens with one attached hydrogen (secondary N) is 4. The van der Waals surface area contributed by atoms with Crippen molar-refractivity contribution in [2.45, 2.75) is 89.4 Å². The monoisotopic (exact) mass is 1910 g/mol. The average Bonchev–Trinajstić information content (AvgIpc) is 1.62. The van der Waals surface area contributed by atoms with Crippen molar-refractivity contribution >= 4 is 159 Å². The maximum absolute atomic E-state index is 12.6. The quantitative estimate of drug-likeness (QED) is 0.0292. The van der Waals surface area contributed by atoms with E-state index in [9.17, 15) is 38.4 Å². The zero-order valence-corrected chi connectivity index (χ0v) is 77.4. The van der Waals surface area contributed by atoms with Gasteiger partial charge in [0.2, 0.25) is 11.8 Å². The summed E-state index contributed by atoms with van der Waals surface area (Å²) in [5.74, 6) is 11.3. The number of aromatic nitrogens is 20. The highest BCUT2D eigenvalue weighted by molar-refractivity contribution is 7.14. The van der Waals surface area contributed by atoms with Crippen LogP contribution < -0.4 is 44.2 Å². The molecule has 4 aliphatic rings. The fourth-order valence-corrected chi connectivity index (χ4v) is 18.2. The molecule has 0 bridgehead atoms. The zero-order valence-electron chi connectivity index (χ0n) is 75.8. The topological polar surface area (TPSA) is 528 Å². The Balaban J connectivity index is 0.000000129. The van der Waals surface area contributed by atoms with Gasteiger partial charge in [0.05, 0.1) is 45.7 Å². The maximum atomic E-state index is 12.6. The van der Waals surface area contributed by atoms with Crippen LogP contribution >= 0.6 is 22.7 Å². The molecule has 0 aliphatic carbocycles. The fraction of sp³-hybridized carbons (Fsp3) is 0.224. The number of carbonyl (C=O) groups is 8. The van der Waals surface area contributed by atoms with E-state index in [4.69, 9.17) is 43.3 Å². The Bertz CT molecular complexity index is 7460. The molecule has 0 radical (unpaired) electrons. The number of hydrogen-bond donors (Lipinski definition) is 8. The van der Waals surface area contributed by atoms with E-state index >= 15 is 0 Å². The van der Waals surface area contributed by atoms with E-state index in [1.165, 1.54) is 60.1 Å². The number of thiazole rings is 2. The molecule has 12 N–H and O–H groups in total. The zero-order chi connectivity index (χ0) is 97.5. The summed E-state index contributed by atoms with van der Waals surface area (Å²) in [6, 6.07) is 38.8. The Morgan fingerprint density at radius 1 is 0.350 bits per heavy atom. The van der Waals surface area contributed by atoms with Crippen LogP contribution in [0.1, 0.15) is 131 Å². The number of nitrogens with zero attached hydrogens (tertiary/aromatic N) is 24. The molecule has 0 saturated carbocycles. The summed E-state index contributed by atoms with van der Waals surface area (Å²) in [5.41, 5.74) is 35.0. The molecule has 0 spiro atoms. The molecule has 8 amide bonds. The van der Waals surface area contributed by atoms with Gasteiger partial charge in [0.1, 0.15) is 83.0 Å². The molecule has 4 atom stereocenters. The standard InChI is InChI=1S/C26H24N8O2.C25H24N8O2.C24H22N8O2S.C23H22N8O2S/c1-2-6-21(35)33-14-5-7-19(15-33)34-25-22(24(27)29-16-30-25)23(32-34)17-9-11-18(12-10-17)26(36)31-20-8-3-4-13-28-20;1-2-20(34)32-13-5-6-18(14-32)33-24-21(23(26)28-15-29-24)22(31-33)16-8-10-17(11-9-16)25(35)30-19-7-3-4-12-27-19;1-2-4-18(33)31-11-3-5-17(13-31)32-22-19(21(25)27-14-28-22)20(30-32)15-6-8-16(9-7-15)23(34)29-24-26-10-12-35-24;1-2-17(32)30-10-3-4-16(12-30)31-21-18(20(24)26-13-27-21)19(29-31)14-5-7-15(8-6-14)22(33)28-23-25-9-11-34-23/h3-4,8-13,16,19H,5,7,14-15H2,1H3,(H2,27,29,30)(H,28,31,36);2-4,7-12,15,18H,1,5-6,13-14H2,(H2,26,28,29)(H,27,30,35);6-10,12,14,17H,3,5,11,13H2,1H3,(H2,25,27,28)(H,26,29,34);2,5-9,11,13,16H,1,3-4,10,12H2,(H2,24,26,27)(H,25,28,33). The van der Waals surface area contributed by atoms with Gasteiger partial charge in [-0.25, -0.2) is 78.5 Å². The number of pyridine rings is 2. The number of benzene rings is 4. The summed E-state index contributed by atoms with van der Waals surface area (Å²) < 4.78 is 7.36. The first-order chi connectivity index (χ1) is 68.2. The van der Waals surface area contributed by atoms with Crippen LogP contribution in [-0.2, 0) is 19.2 Å². The highest BCUT2D eigenvalue weighted by atomic mass is 32.1. The first-order valence-corrected chi connectivity index (χ1v) is 46.4. The number of amides is 8. The van der Waals surface area contributed by atoms with Crippen LogP contribution in [0.25, 0.3) is 89.2 Å². The number of fused-ring (bicyclic) bond motifs is 4. The third-order valence-corrected chi connectivity index (χ3v) is 25.2. The fourth-order valence-electron chi connectivity index (χ4n) is 17.1. The minimum Gasteiger partial charge on any atom is -0.383 e. The van der Waals surface area contributed by atoms with E-state index in [0.29, 0.717) is 187 Å². The second-order valence-corrected chi connectivity index (χ2v) is 34.4. The van der Waals surface area contributed by atoms with E-state index < -0.39 is 0 Å². The van der Waals surface area contributed by atoms with Gasteiger partial charge in [-0.15, -0.1) is 22.7 Å². The van der Waals surface area contributed by atoms with Gasteiger partial charge >= 0.3 is 0 Å². The van der Waals surface area contributed by atoms with Crippen LogP contribution in [0.15, 0.2) is 220 Å². The van der Waals surface area contributed by atoms with Gasteiger partial charge in [0.15, 0.2) is 32.9 Å². The summed E-state index contributed by atoms with van der Waals surface area (Å²) in [6.07, 6.45) is 21.6. The highest BCUT2D eigenvalue weighted by Crippen LogP contribution is 2.40. The minimum atomic E-state index is -0.263. The number of hydrogen-bond acceptors (Lipinski definition) is 30. The van der Waals surface area contributed by atoms with Gasteiger partial charge in [-0.2, -0.15) is 20.4 Å². The van der Waals surface area contributed by atoms with Crippen molar-refractivity contribution in [3.8, 4) is 68.7 Å². The molecule has 704 valence electrons. The minimum absolute atomic E-state index is 0.0495. The molecule has 16 heterocycles. The summed E-state index contributed by atoms with van der Waals surface area (Å²) in [5, 5.41) is 37.8.